The predicted molar refractivity (Wildman–Crippen MR) is 121 cm³/mol. The van der Waals surface area contributed by atoms with Gasteiger partial charge >= 0.3 is 5.97 Å². The number of benzene rings is 2. The first-order valence-corrected chi connectivity index (χ1v) is 11.0. The van der Waals surface area contributed by atoms with Crippen LogP contribution in [0.2, 0.25) is 5.02 Å². The Morgan fingerprint density at radius 2 is 1.87 bits per heavy atom. The van der Waals surface area contributed by atoms with Crippen molar-refractivity contribution in [1.82, 2.24) is 4.90 Å². The van der Waals surface area contributed by atoms with Crippen LogP contribution in [0.1, 0.15) is 31.4 Å². The molecule has 0 unspecified atom stereocenters. The maximum absolute atomic E-state index is 12.7. The van der Waals surface area contributed by atoms with Crippen LogP contribution >= 0.6 is 23.4 Å². The fourth-order valence-electron chi connectivity index (χ4n) is 2.72. The molecule has 0 saturated carbocycles. The van der Waals surface area contributed by atoms with Crippen LogP contribution in [-0.4, -0.2) is 34.7 Å². The number of rotatable bonds is 8. The SMILES string of the molecule is CC[C@@H](C)OC(=O)CN1C(=O)S/C(=C/c2ccccc2OCc2ccc(Cl)cc2)C1=O. The summed E-state index contributed by atoms with van der Waals surface area (Å²) in [4.78, 5) is 38.1. The summed E-state index contributed by atoms with van der Waals surface area (Å²) in [5, 5.41) is 0.143. The van der Waals surface area contributed by atoms with E-state index in [4.69, 9.17) is 21.1 Å². The Labute approximate surface area is 190 Å². The van der Waals surface area contributed by atoms with E-state index < -0.39 is 23.7 Å². The third-order valence-electron chi connectivity index (χ3n) is 4.58. The summed E-state index contributed by atoms with van der Waals surface area (Å²) in [5.74, 6) is -0.561. The Balaban J connectivity index is 1.71. The summed E-state index contributed by atoms with van der Waals surface area (Å²) < 4.78 is 11.1. The molecule has 1 fully saturated rings. The molecule has 1 heterocycles. The van der Waals surface area contributed by atoms with E-state index in [1.54, 1.807) is 37.3 Å². The smallest absolute Gasteiger partial charge is 0.326 e. The quantitative estimate of drug-likeness (QED) is 0.394. The molecule has 2 amide bonds. The first-order chi connectivity index (χ1) is 14.9. The van der Waals surface area contributed by atoms with Crippen LogP contribution in [0.4, 0.5) is 4.79 Å². The lowest BCUT2D eigenvalue weighted by Gasteiger charge is -2.15. The second-order valence-corrected chi connectivity index (χ2v) is 8.36. The molecule has 0 radical (unpaired) electrons. The second-order valence-electron chi connectivity index (χ2n) is 6.93. The van der Waals surface area contributed by atoms with Gasteiger partial charge in [-0.2, -0.15) is 0 Å². The van der Waals surface area contributed by atoms with Gasteiger partial charge in [-0.3, -0.25) is 19.3 Å². The average molecular weight is 460 g/mol. The average Bonchev–Trinajstić information content (AvgIpc) is 3.01. The van der Waals surface area contributed by atoms with Crippen molar-refractivity contribution < 1.29 is 23.9 Å². The zero-order valence-corrected chi connectivity index (χ0v) is 18.7. The molecular formula is C23H22ClNO5S. The molecule has 8 heteroatoms. The lowest BCUT2D eigenvalue weighted by atomic mass is 10.1. The van der Waals surface area contributed by atoms with Crippen molar-refractivity contribution in [2.75, 3.05) is 6.54 Å². The molecule has 0 N–H and O–H groups in total. The van der Waals surface area contributed by atoms with Crippen molar-refractivity contribution in [3.63, 3.8) is 0 Å². The first-order valence-electron chi connectivity index (χ1n) is 9.78. The van der Waals surface area contributed by atoms with Crippen molar-refractivity contribution >= 4 is 46.6 Å². The first kappa shape index (κ1) is 22.9. The molecule has 1 aliphatic rings. The monoisotopic (exact) mass is 459 g/mol. The minimum Gasteiger partial charge on any atom is -0.488 e. The number of esters is 1. The summed E-state index contributed by atoms with van der Waals surface area (Å²) >= 11 is 6.70. The van der Waals surface area contributed by atoms with Crippen LogP contribution in [0.3, 0.4) is 0 Å². The number of hydrogen-bond acceptors (Lipinski definition) is 6. The fraction of sp³-hybridized carbons (Fsp3) is 0.261. The molecule has 2 aromatic rings. The molecule has 3 rings (SSSR count). The van der Waals surface area contributed by atoms with Gasteiger partial charge in [-0.25, -0.2) is 0 Å². The minimum absolute atomic E-state index is 0.226. The molecule has 0 spiro atoms. The van der Waals surface area contributed by atoms with Gasteiger partial charge in [0.05, 0.1) is 11.0 Å². The zero-order valence-electron chi connectivity index (χ0n) is 17.2. The molecular weight excluding hydrogens is 438 g/mol. The molecule has 1 atom stereocenters. The minimum atomic E-state index is -0.607. The van der Waals surface area contributed by atoms with Crippen molar-refractivity contribution in [3.05, 3.63) is 69.6 Å². The maximum atomic E-state index is 12.7. The fourth-order valence-corrected chi connectivity index (χ4v) is 3.68. The van der Waals surface area contributed by atoms with Crippen LogP contribution in [0.5, 0.6) is 5.75 Å². The maximum Gasteiger partial charge on any atom is 0.326 e. The van der Waals surface area contributed by atoms with E-state index in [9.17, 15) is 14.4 Å². The lowest BCUT2D eigenvalue weighted by Crippen LogP contribution is -2.35. The molecule has 162 valence electrons. The predicted octanol–water partition coefficient (Wildman–Crippen LogP) is 5.30. The number of hydrogen-bond donors (Lipinski definition) is 0. The standard InChI is InChI=1S/C23H22ClNO5S/c1-3-15(2)30-21(26)13-25-22(27)20(31-23(25)28)12-17-6-4-5-7-19(17)29-14-16-8-10-18(24)11-9-16/h4-12,15H,3,13-14H2,1-2H3/b20-12+/t15-/m1/s1. The lowest BCUT2D eigenvalue weighted by molar-refractivity contribution is -0.150. The Bertz CT molecular complexity index is 1010. The number of amides is 2. The number of nitrogens with zero attached hydrogens (tertiary/aromatic N) is 1. The Kier molecular flexibility index (Phi) is 7.76. The number of carbonyl (C=O) groups excluding carboxylic acids is 3. The molecule has 2 aromatic carbocycles. The number of imide groups is 1. The normalized spacial score (nSPS) is 16.0. The highest BCUT2D eigenvalue weighted by atomic mass is 35.5. The number of carbonyl (C=O) groups is 3. The Morgan fingerprint density at radius 1 is 1.16 bits per heavy atom. The van der Waals surface area contributed by atoms with Gasteiger partial charge in [-0.05, 0) is 54.9 Å². The summed E-state index contributed by atoms with van der Waals surface area (Å²) in [6, 6.07) is 14.5. The number of halogens is 1. The highest BCUT2D eigenvalue weighted by Crippen LogP contribution is 2.34. The number of thioether (sulfide) groups is 1. The van der Waals surface area contributed by atoms with Crippen molar-refractivity contribution in [2.45, 2.75) is 33.0 Å². The molecule has 6 nitrogen and oxygen atoms in total. The molecule has 31 heavy (non-hydrogen) atoms. The summed E-state index contributed by atoms with van der Waals surface area (Å²) in [6.45, 7) is 3.56. The van der Waals surface area contributed by atoms with Crippen molar-refractivity contribution in [3.8, 4) is 5.75 Å². The number of ether oxygens (including phenoxy) is 2. The third-order valence-corrected chi connectivity index (χ3v) is 5.74. The Hall–Kier alpha value is -2.77. The van der Waals surface area contributed by atoms with Crippen LogP contribution in [0.25, 0.3) is 6.08 Å². The van der Waals surface area contributed by atoms with Crippen LogP contribution in [-0.2, 0) is 20.9 Å². The van der Waals surface area contributed by atoms with Crippen molar-refractivity contribution in [1.29, 1.82) is 0 Å². The highest BCUT2D eigenvalue weighted by molar-refractivity contribution is 8.18. The summed E-state index contributed by atoms with van der Waals surface area (Å²) in [6.07, 6.45) is 1.98. The Morgan fingerprint density at radius 3 is 2.58 bits per heavy atom. The van der Waals surface area contributed by atoms with Gasteiger partial charge in [0.2, 0.25) is 0 Å². The summed E-state index contributed by atoms with van der Waals surface area (Å²) in [7, 11) is 0. The highest BCUT2D eigenvalue weighted by Gasteiger charge is 2.37. The second kappa shape index (κ2) is 10.5. The van der Waals surface area contributed by atoms with Gasteiger partial charge in [0.25, 0.3) is 11.1 Å². The van der Waals surface area contributed by atoms with E-state index >= 15 is 0 Å². The van der Waals surface area contributed by atoms with E-state index in [-0.39, 0.29) is 11.0 Å². The van der Waals surface area contributed by atoms with Gasteiger partial charge in [0, 0.05) is 10.6 Å². The largest absolute Gasteiger partial charge is 0.488 e. The topological polar surface area (TPSA) is 72.9 Å². The van der Waals surface area contributed by atoms with E-state index in [1.165, 1.54) is 0 Å². The van der Waals surface area contributed by atoms with Gasteiger partial charge in [0.15, 0.2) is 0 Å². The van der Waals surface area contributed by atoms with Gasteiger partial charge in [-0.15, -0.1) is 0 Å². The molecule has 1 aliphatic heterocycles. The van der Waals surface area contributed by atoms with E-state index in [1.807, 2.05) is 31.2 Å². The molecule has 0 aromatic heterocycles. The third kappa shape index (κ3) is 6.12. The van der Waals surface area contributed by atoms with Crippen LogP contribution < -0.4 is 4.74 Å². The van der Waals surface area contributed by atoms with E-state index in [0.717, 1.165) is 22.2 Å². The van der Waals surface area contributed by atoms with Crippen LogP contribution in [0.15, 0.2) is 53.4 Å². The van der Waals surface area contributed by atoms with Crippen LogP contribution in [0, 0.1) is 0 Å². The van der Waals surface area contributed by atoms with E-state index in [0.29, 0.717) is 29.4 Å². The number of para-hydroxylation sites is 1. The van der Waals surface area contributed by atoms with Gasteiger partial charge < -0.3 is 9.47 Å². The van der Waals surface area contributed by atoms with Gasteiger partial charge in [0.1, 0.15) is 18.9 Å². The zero-order chi connectivity index (χ0) is 22.4. The van der Waals surface area contributed by atoms with Crippen molar-refractivity contribution in [2.24, 2.45) is 0 Å². The summed E-state index contributed by atoms with van der Waals surface area (Å²) in [5.41, 5.74) is 1.60. The van der Waals surface area contributed by atoms with E-state index in [2.05, 4.69) is 0 Å². The molecule has 1 saturated heterocycles. The molecule has 0 bridgehead atoms. The van der Waals surface area contributed by atoms with Gasteiger partial charge in [-0.1, -0.05) is 48.9 Å². The molecule has 0 aliphatic carbocycles.